The van der Waals surface area contributed by atoms with Crippen LogP contribution in [0.3, 0.4) is 0 Å². The van der Waals surface area contributed by atoms with Gasteiger partial charge in [-0.15, -0.1) is 0 Å². The lowest BCUT2D eigenvalue weighted by atomic mass is 10.2. The molecular weight excluding hydrogens is 226 g/mol. The lowest BCUT2D eigenvalue weighted by Crippen LogP contribution is -2.39. The summed E-state index contributed by atoms with van der Waals surface area (Å²) in [5.41, 5.74) is 0. The van der Waals surface area contributed by atoms with Crippen molar-refractivity contribution in [2.45, 2.75) is 12.5 Å². The average Bonchev–Trinajstić information content (AvgIpc) is 2.56. The van der Waals surface area contributed by atoms with Gasteiger partial charge >= 0.3 is 0 Å². The van der Waals surface area contributed by atoms with Crippen molar-refractivity contribution in [1.82, 2.24) is 4.90 Å². The molecule has 2 aliphatic rings. The predicted octanol–water partition coefficient (Wildman–Crippen LogP) is -0.131. The third kappa shape index (κ3) is 1.66. The van der Waals surface area contributed by atoms with Crippen molar-refractivity contribution in [3.8, 4) is 0 Å². The zero-order chi connectivity index (χ0) is 10.3. The number of amides is 2. The smallest absolute Gasteiger partial charge is 0.273 e. The van der Waals surface area contributed by atoms with Crippen molar-refractivity contribution in [2.24, 2.45) is 0 Å². The minimum absolute atomic E-state index is 0.0644. The Hall–Kier alpha value is -0.560. The van der Waals surface area contributed by atoms with E-state index in [9.17, 15) is 18.0 Å². The number of carbonyl (C=O) groups excluding carboxylic acids is 2. The molecule has 0 spiro atoms. The SMILES string of the molecule is O=C1CSC(=O)N1[C@H]1CCS(=O)(=O)C1. The van der Waals surface area contributed by atoms with Crippen LogP contribution in [0.2, 0.25) is 0 Å². The molecule has 2 amide bonds. The fourth-order valence-electron chi connectivity index (χ4n) is 1.70. The molecule has 14 heavy (non-hydrogen) atoms. The Bertz CT molecular complexity index is 372. The number of hydrogen-bond donors (Lipinski definition) is 0. The first-order valence-corrected chi connectivity index (χ1v) is 6.99. The molecule has 0 bridgehead atoms. The van der Waals surface area contributed by atoms with E-state index < -0.39 is 15.9 Å². The first-order valence-electron chi connectivity index (χ1n) is 4.19. The summed E-state index contributed by atoms with van der Waals surface area (Å²) >= 11 is 0.943. The molecule has 0 aliphatic carbocycles. The largest absolute Gasteiger partial charge is 0.289 e. The number of sulfone groups is 1. The third-order valence-electron chi connectivity index (χ3n) is 2.36. The summed E-state index contributed by atoms with van der Waals surface area (Å²) in [5, 5.41) is -0.308. The van der Waals surface area contributed by atoms with E-state index in [1.165, 1.54) is 0 Å². The second kappa shape index (κ2) is 3.23. The van der Waals surface area contributed by atoms with Crippen LogP contribution in [0.25, 0.3) is 0 Å². The van der Waals surface area contributed by atoms with Gasteiger partial charge in [0, 0.05) is 0 Å². The normalized spacial score (nSPS) is 31.4. The van der Waals surface area contributed by atoms with Crippen LogP contribution in [0.4, 0.5) is 4.79 Å². The Morgan fingerprint density at radius 3 is 2.50 bits per heavy atom. The fraction of sp³-hybridized carbons (Fsp3) is 0.714. The highest BCUT2D eigenvalue weighted by atomic mass is 32.2. The molecule has 0 radical (unpaired) electrons. The van der Waals surface area contributed by atoms with Gasteiger partial charge in [-0.05, 0) is 6.42 Å². The maximum absolute atomic E-state index is 11.3. The zero-order valence-electron chi connectivity index (χ0n) is 7.30. The zero-order valence-corrected chi connectivity index (χ0v) is 8.94. The number of thioether (sulfide) groups is 1. The predicted molar refractivity (Wildman–Crippen MR) is 51.8 cm³/mol. The van der Waals surface area contributed by atoms with Crippen LogP contribution in [0.1, 0.15) is 6.42 Å². The van der Waals surface area contributed by atoms with Gasteiger partial charge in [0.25, 0.3) is 5.24 Å². The number of imide groups is 1. The first-order chi connectivity index (χ1) is 6.49. The lowest BCUT2D eigenvalue weighted by Gasteiger charge is -2.18. The Labute approximate surface area is 85.7 Å². The van der Waals surface area contributed by atoms with Gasteiger partial charge in [-0.3, -0.25) is 14.5 Å². The van der Waals surface area contributed by atoms with Crippen molar-refractivity contribution in [3.05, 3.63) is 0 Å². The van der Waals surface area contributed by atoms with Gasteiger partial charge in [-0.1, -0.05) is 11.8 Å². The van der Waals surface area contributed by atoms with Crippen LogP contribution >= 0.6 is 11.8 Å². The van der Waals surface area contributed by atoms with Crippen LogP contribution in [0.5, 0.6) is 0 Å². The van der Waals surface area contributed by atoms with Crippen molar-refractivity contribution >= 4 is 32.7 Å². The van der Waals surface area contributed by atoms with Crippen molar-refractivity contribution < 1.29 is 18.0 Å². The topological polar surface area (TPSA) is 71.5 Å². The molecule has 2 fully saturated rings. The number of nitrogens with zero attached hydrogens (tertiary/aromatic N) is 1. The van der Waals surface area contributed by atoms with E-state index in [1.807, 2.05) is 0 Å². The van der Waals surface area contributed by atoms with Crippen LogP contribution in [-0.4, -0.2) is 47.8 Å². The second-order valence-electron chi connectivity index (χ2n) is 3.38. The standard InChI is InChI=1S/C7H9NO4S2/c9-6-3-13-7(10)8(6)5-1-2-14(11,12)4-5/h5H,1-4H2/t5-/m0/s1. The molecule has 5 nitrogen and oxygen atoms in total. The highest BCUT2D eigenvalue weighted by Gasteiger charge is 2.41. The molecule has 2 rings (SSSR count). The Kier molecular flexibility index (Phi) is 2.30. The van der Waals surface area contributed by atoms with Crippen LogP contribution in [0.15, 0.2) is 0 Å². The van der Waals surface area contributed by atoms with Gasteiger partial charge in [0.05, 0.1) is 23.3 Å². The fourth-order valence-corrected chi connectivity index (χ4v) is 4.17. The van der Waals surface area contributed by atoms with E-state index in [2.05, 4.69) is 0 Å². The maximum Gasteiger partial charge on any atom is 0.289 e. The Balaban J connectivity index is 2.17. The number of hydrogen-bond acceptors (Lipinski definition) is 5. The molecule has 0 aromatic carbocycles. The molecule has 0 saturated carbocycles. The second-order valence-corrected chi connectivity index (χ2v) is 6.53. The number of rotatable bonds is 1. The highest BCUT2D eigenvalue weighted by Crippen LogP contribution is 2.26. The maximum atomic E-state index is 11.3. The minimum atomic E-state index is -3.04. The molecule has 0 aromatic heterocycles. The molecule has 0 N–H and O–H groups in total. The molecule has 78 valence electrons. The quantitative estimate of drug-likeness (QED) is 0.633. The van der Waals surface area contributed by atoms with E-state index in [0.29, 0.717) is 6.42 Å². The summed E-state index contributed by atoms with van der Waals surface area (Å²) in [5.74, 6) is -0.0955. The van der Waals surface area contributed by atoms with E-state index in [0.717, 1.165) is 16.7 Å². The first kappa shape index (κ1) is 9.97. The third-order valence-corrected chi connectivity index (χ3v) is 4.94. The van der Waals surface area contributed by atoms with Gasteiger partial charge in [-0.2, -0.15) is 0 Å². The molecule has 2 saturated heterocycles. The van der Waals surface area contributed by atoms with E-state index >= 15 is 0 Å². The highest BCUT2D eigenvalue weighted by molar-refractivity contribution is 8.14. The van der Waals surface area contributed by atoms with Gasteiger partial charge in [-0.25, -0.2) is 8.42 Å². The van der Waals surface area contributed by atoms with Crippen molar-refractivity contribution in [2.75, 3.05) is 17.3 Å². The summed E-state index contributed by atoms with van der Waals surface area (Å²) in [7, 11) is -3.04. The monoisotopic (exact) mass is 235 g/mol. The minimum Gasteiger partial charge on any atom is -0.273 e. The van der Waals surface area contributed by atoms with Gasteiger partial charge in [0.15, 0.2) is 9.84 Å². The lowest BCUT2D eigenvalue weighted by molar-refractivity contribution is -0.125. The molecule has 1 atom stereocenters. The summed E-state index contributed by atoms with van der Waals surface area (Å²) in [6, 6.07) is -0.421. The van der Waals surface area contributed by atoms with E-state index in [-0.39, 0.29) is 28.4 Å². The Morgan fingerprint density at radius 2 is 2.07 bits per heavy atom. The number of carbonyl (C=O) groups is 2. The molecule has 0 unspecified atom stereocenters. The molecule has 2 heterocycles. The molecule has 7 heteroatoms. The van der Waals surface area contributed by atoms with E-state index in [4.69, 9.17) is 0 Å². The van der Waals surface area contributed by atoms with Crippen LogP contribution < -0.4 is 0 Å². The van der Waals surface area contributed by atoms with Gasteiger partial charge < -0.3 is 0 Å². The Morgan fingerprint density at radius 1 is 1.36 bits per heavy atom. The molecular formula is C7H9NO4S2. The summed E-state index contributed by atoms with van der Waals surface area (Å²) in [6.45, 7) is 0. The van der Waals surface area contributed by atoms with E-state index in [1.54, 1.807) is 0 Å². The molecule has 0 aromatic rings. The van der Waals surface area contributed by atoms with Crippen LogP contribution in [0, 0.1) is 0 Å². The van der Waals surface area contributed by atoms with Crippen molar-refractivity contribution in [1.29, 1.82) is 0 Å². The van der Waals surface area contributed by atoms with Gasteiger partial charge in [0.1, 0.15) is 0 Å². The van der Waals surface area contributed by atoms with Gasteiger partial charge in [0.2, 0.25) is 5.91 Å². The average molecular weight is 235 g/mol. The molecule has 2 aliphatic heterocycles. The van der Waals surface area contributed by atoms with Crippen LogP contribution in [-0.2, 0) is 14.6 Å². The van der Waals surface area contributed by atoms with Crippen molar-refractivity contribution in [3.63, 3.8) is 0 Å². The summed E-state index contributed by atoms with van der Waals surface area (Å²) in [6.07, 6.45) is 0.389. The summed E-state index contributed by atoms with van der Waals surface area (Å²) < 4.78 is 22.3. The summed E-state index contributed by atoms with van der Waals surface area (Å²) in [4.78, 5) is 23.6.